The number of amides is 1. The summed E-state index contributed by atoms with van der Waals surface area (Å²) >= 11 is 1.91. The highest BCUT2D eigenvalue weighted by molar-refractivity contribution is 14.1. The Morgan fingerprint density at radius 2 is 2.27 bits per heavy atom. The number of carbonyl (C=O) groups is 1. The molecule has 4 rings (SSSR count). The van der Waals surface area contributed by atoms with E-state index >= 15 is 0 Å². The van der Waals surface area contributed by atoms with Crippen molar-refractivity contribution in [3.8, 4) is 0 Å². The van der Waals surface area contributed by atoms with Crippen LogP contribution in [-0.2, 0) is 19.0 Å². The predicted molar refractivity (Wildman–Crippen MR) is 98.9 cm³/mol. The molecule has 11 heteroatoms. The van der Waals surface area contributed by atoms with Crippen LogP contribution in [-0.4, -0.2) is 56.0 Å². The highest BCUT2D eigenvalue weighted by Gasteiger charge is 2.58. The summed E-state index contributed by atoms with van der Waals surface area (Å²) in [6.45, 7) is -2.71. The van der Waals surface area contributed by atoms with Gasteiger partial charge in [-0.25, -0.2) is 15.0 Å². The van der Waals surface area contributed by atoms with Crippen molar-refractivity contribution in [3.63, 3.8) is 0 Å². The molecule has 140 valence electrons. The van der Waals surface area contributed by atoms with Crippen LogP contribution in [0.3, 0.4) is 0 Å². The first kappa shape index (κ1) is 12.8. The molecule has 2 aromatic rings. The molecule has 26 heavy (non-hydrogen) atoms. The van der Waals surface area contributed by atoms with E-state index in [-0.39, 0.29) is 5.82 Å². The average molecular weight is 479 g/mol. The predicted octanol–water partition coefficient (Wildman–Crippen LogP) is 0.567. The zero-order valence-corrected chi connectivity index (χ0v) is 15.9. The van der Waals surface area contributed by atoms with Gasteiger partial charge in [0.15, 0.2) is 33.4 Å². The van der Waals surface area contributed by atoms with Gasteiger partial charge in [-0.3, -0.25) is 9.36 Å². The van der Waals surface area contributed by atoms with Crippen molar-refractivity contribution in [3.05, 3.63) is 10.2 Å². The van der Waals surface area contributed by atoms with Crippen LogP contribution in [0.2, 0.25) is 0 Å². The number of imidazole rings is 1. The number of nitrogens with zero attached hydrogens (tertiary/aromatic N) is 4. The maximum atomic E-state index is 12.8. The number of fused-ring (bicyclic) bond motifs is 2. The second kappa shape index (κ2) is 6.25. The number of halogens is 1. The summed E-state index contributed by atoms with van der Waals surface area (Å²) in [6.07, 6.45) is -2.55. The molecule has 0 radical (unpaired) electrons. The fourth-order valence-electron chi connectivity index (χ4n) is 3.24. The van der Waals surface area contributed by atoms with Gasteiger partial charge in [-0.15, -0.1) is 0 Å². The van der Waals surface area contributed by atoms with Crippen molar-refractivity contribution in [2.24, 2.45) is 0 Å². The zero-order valence-electron chi connectivity index (χ0n) is 18.8. The van der Waals surface area contributed by atoms with Crippen molar-refractivity contribution >= 4 is 45.5 Å². The summed E-state index contributed by atoms with van der Waals surface area (Å²) in [5.74, 6) is -1.86. The molecule has 0 spiro atoms. The Kier molecular flexibility index (Phi) is 3.07. The fourth-order valence-corrected chi connectivity index (χ4v) is 3.73. The van der Waals surface area contributed by atoms with E-state index in [1.165, 1.54) is 10.9 Å². The summed E-state index contributed by atoms with van der Waals surface area (Å²) in [5.41, 5.74) is 6.61. The topological polar surface area (TPSA) is 126 Å². The third-order valence-electron chi connectivity index (χ3n) is 4.17. The Balaban J connectivity index is 1.69. The minimum Gasteiger partial charge on any atom is -0.382 e. The highest BCUT2D eigenvalue weighted by Crippen LogP contribution is 2.43. The van der Waals surface area contributed by atoms with Gasteiger partial charge in [0.2, 0.25) is 0 Å². The summed E-state index contributed by atoms with van der Waals surface area (Å²) in [5, 5.41) is 1.90. The van der Waals surface area contributed by atoms with Crippen LogP contribution in [0, 0.1) is 3.83 Å². The Bertz CT molecular complexity index is 1050. The number of hydrogen-bond donors (Lipinski definition) is 2. The lowest BCUT2D eigenvalue weighted by molar-refractivity contribution is -0.197. The molecule has 10 nitrogen and oxygen atoms in total. The summed E-state index contributed by atoms with van der Waals surface area (Å²) in [7, 11) is 0. The molecular weight excluding hydrogens is 455 g/mol. The number of nitrogen functional groups attached to an aromatic ring is 1. The van der Waals surface area contributed by atoms with Crippen LogP contribution in [0.15, 0.2) is 6.33 Å². The first-order valence-electron chi connectivity index (χ1n) is 10.2. The van der Waals surface area contributed by atoms with Crippen molar-refractivity contribution < 1.29 is 25.9 Å². The van der Waals surface area contributed by atoms with Crippen LogP contribution in [0.1, 0.15) is 33.8 Å². The van der Waals surface area contributed by atoms with E-state index in [4.69, 9.17) is 26.8 Å². The number of anilines is 1. The fraction of sp³-hybridized carbons (Fsp3) is 0.600. The Morgan fingerprint density at radius 1 is 1.50 bits per heavy atom. The molecule has 1 amide bonds. The first-order chi connectivity index (χ1) is 14.2. The van der Waals surface area contributed by atoms with E-state index in [1.807, 2.05) is 27.9 Å². The standard InChI is InChI=1S/C15H19IN6O4/c1-4-18-12(23)8-7-9(26-15(2,3)25-7)13(24-8)22-5-19-6-10(17)20-14(16)21-11(6)22/h5,7-9,13H,4H2,1-3H3,(H,18,23)(H2,17,20,21)/i1D3,4D2. The SMILES string of the molecule is [2H]C([2H])([2H])C([2H])([2H])NC(=O)C1OC(n2cnc3c(N)nc(I)nc32)C2OC(C)(C)OC12. The van der Waals surface area contributed by atoms with Crippen molar-refractivity contribution in [2.75, 3.05) is 12.2 Å². The third kappa shape index (κ3) is 2.82. The largest absolute Gasteiger partial charge is 0.382 e. The minimum absolute atomic E-state index is 0.173. The van der Waals surface area contributed by atoms with Gasteiger partial charge in [0.1, 0.15) is 17.7 Å². The number of ether oxygens (including phenoxy) is 3. The number of likely N-dealkylation sites (N-methyl/N-ethyl adjacent to an activating group) is 1. The van der Waals surface area contributed by atoms with E-state index in [1.54, 1.807) is 13.8 Å². The Morgan fingerprint density at radius 3 is 3.04 bits per heavy atom. The van der Waals surface area contributed by atoms with Crippen molar-refractivity contribution in [1.29, 1.82) is 0 Å². The number of carbonyl (C=O) groups excluding carboxylic acids is 1. The van der Waals surface area contributed by atoms with E-state index in [0.717, 1.165) is 0 Å². The number of rotatable bonds is 3. The van der Waals surface area contributed by atoms with Gasteiger partial charge in [-0.2, -0.15) is 0 Å². The van der Waals surface area contributed by atoms with Crippen LogP contribution in [0.25, 0.3) is 11.2 Å². The summed E-state index contributed by atoms with van der Waals surface area (Å²) in [4.78, 5) is 25.4. The van der Waals surface area contributed by atoms with Gasteiger partial charge < -0.3 is 25.3 Å². The minimum atomic E-state index is -3.07. The van der Waals surface area contributed by atoms with Gasteiger partial charge in [-0.1, -0.05) is 0 Å². The van der Waals surface area contributed by atoms with E-state index in [0.29, 0.717) is 15.0 Å². The molecular formula is C15H19IN6O4. The number of nitrogens with one attached hydrogen (secondary N) is 1. The molecule has 2 aromatic heterocycles. The second-order valence-electron chi connectivity index (χ2n) is 6.33. The number of hydrogen-bond acceptors (Lipinski definition) is 8. The molecule has 3 N–H and O–H groups in total. The normalized spacial score (nSPS) is 33.7. The van der Waals surface area contributed by atoms with Crippen molar-refractivity contribution in [1.82, 2.24) is 24.8 Å². The van der Waals surface area contributed by atoms with E-state index in [9.17, 15) is 4.79 Å². The molecule has 2 saturated heterocycles. The van der Waals surface area contributed by atoms with Gasteiger partial charge >= 0.3 is 0 Å². The molecule has 4 heterocycles. The summed E-state index contributed by atoms with van der Waals surface area (Å²) < 4.78 is 56.8. The number of nitrogens with two attached hydrogens (primary N) is 1. The first-order valence-corrected chi connectivity index (χ1v) is 8.77. The molecule has 2 aliphatic rings. The Labute approximate surface area is 170 Å². The molecule has 4 atom stereocenters. The second-order valence-corrected chi connectivity index (χ2v) is 7.29. The van der Waals surface area contributed by atoms with Crippen LogP contribution in [0.4, 0.5) is 5.82 Å². The van der Waals surface area contributed by atoms with Gasteiger partial charge in [0.25, 0.3) is 5.91 Å². The molecule has 0 aromatic carbocycles. The monoisotopic (exact) mass is 479 g/mol. The molecule has 2 aliphatic heterocycles. The lowest BCUT2D eigenvalue weighted by Crippen LogP contribution is -2.42. The van der Waals surface area contributed by atoms with Crippen LogP contribution < -0.4 is 11.1 Å². The molecule has 4 unspecified atom stereocenters. The Hall–Kier alpha value is -1.57. The van der Waals surface area contributed by atoms with E-state index < -0.39 is 49.6 Å². The quantitative estimate of drug-likeness (QED) is 0.484. The van der Waals surface area contributed by atoms with Crippen LogP contribution >= 0.6 is 22.6 Å². The van der Waals surface area contributed by atoms with Gasteiger partial charge in [-0.05, 0) is 20.7 Å². The highest BCUT2D eigenvalue weighted by atomic mass is 127. The molecule has 0 bridgehead atoms. The van der Waals surface area contributed by atoms with Crippen LogP contribution in [0.5, 0.6) is 0 Å². The number of aromatic nitrogens is 4. The smallest absolute Gasteiger partial charge is 0.252 e. The third-order valence-corrected chi connectivity index (χ3v) is 4.65. The lowest BCUT2D eigenvalue weighted by atomic mass is 10.1. The van der Waals surface area contributed by atoms with Crippen molar-refractivity contribution in [2.45, 2.75) is 51.0 Å². The maximum absolute atomic E-state index is 12.8. The van der Waals surface area contributed by atoms with Gasteiger partial charge in [0.05, 0.1) is 6.33 Å². The molecule has 0 aliphatic carbocycles. The zero-order chi connectivity index (χ0) is 22.9. The van der Waals surface area contributed by atoms with Gasteiger partial charge in [0, 0.05) is 35.9 Å². The maximum Gasteiger partial charge on any atom is 0.252 e. The molecule has 2 fully saturated rings. The van der Waals surface area contributed by atoms with E-state index in [2.05, 4.69) is 15.0 Å². The average Bonchev–Trinajstić information content (AvgIpc) is 3.23. The summed E-state index contributed by atoms with van der Waals surface area (Å²) in [6, 6.07) is 0. The lowest BCUT2D eigenvalue weighted by Gasteiger charge is -2.24. The molecule has 0 saturated carbocycles.